The topological polar surface area (TPSA) is 20.2 Å². The van der Waals surface area contributed by atoms with Crippen LogP contribution in [0.2, 0.25) is 0 Å². The van der Waals surface area contributed by atoms with E-state index in [1.165, 1.54) is 37.7 Å². The molecule has 4 rings (SSSR count). The minimum atomic E-state index is -2.51. The highest BCUT2D eigenvalue weighted by atomic mass is 19.3. The largest absolute Gasteiger partial charge is 0.393 e. The Balaban J connectivity index is 1.45. The summed E-state index contributed by atoms with van der Waals surface area (Å²) in [6.45, 7) is 8.26. The minimum absolute atomic E-state index is 0.0560. The maximum absolute atomic E-state index is 14.1. The van der Waals surface area contributed by atoms with Gasteiger partial charge >= 0.3 is 0 Å². The number of aliphatic hydroxyl groups is 1. The zero-order chi connectivity index (χ0) is 21.0. The molecule has 4 aliphatic rings. The molecular formula is C26H42F2O. The molecule has 0 heterocycles. The zero-order valence-electron chi connectivity index (χ0n) is 19.0. The van der Waals surface area contributed by atoms with Crippen LogP contribution in [0.4, 0.5) is 8.78 Å². The molecule has 4 aliphatic carbocycles. The third-order valence-corrected chi connectivity index (χ3v) is 10.2. The van der Waals surface area contributed by atoms with Crippen LogP contribution in [0.5, 0.6) is 0 Å². The summed E-state index contributed by atoms with van der Waals surface area (Å²) in [5, 5.41) is 10.2. The van der Waals surface area contributed by atoms with Gasteiger partial charge in [-0.2, -0.15) is 0 Å². The summed E-state index contributed by atoms with van der Waals surface area (Å²) in [6, 6.07) is 0. The molecule has 166 valence electrons. The summed E-state index contributed by atoms with van der Waals surface area (Å²) in [5.74, 6) is -0.151. The Kier molecular flexibility index (Phi) is 5.71. The van der Waals surface area contributed by atoms with Gasteiger partial charge < -0.3 is 5.11 Å². The van der Waals surface area contributed by atoms with Gasteiger partial charge in [0, 0.05) is 12.3 Å². The lowest BCUT2D eigenvalue weighted by molar-refractivity contribution is -0.0625. The van der Waals surface area contributed by atoms with Crippen LogP contribution < -0.4 is 0 Å². The Morgan fingerprint density at radius 1 is 1.10 bits per heavy atom. The lowest BCUT2D eigenvalue weighted by Gasteiger charge is -2.58. The van der Waals surface area contributed by atoms with Crippen LogP contribution in [0.1, 0.15) is 98.3 Å². The van der Waals surface area contributed by atoms with Crippen LogP contribution in [0, 0.1) is 40.4 Å². The molecule has 0 aromatic heterocycles. The number of hydrogen-bond donors (Lipinski definition) is 1. The molecule has 0 saturated heterocycles. The van der Waals surface area contributed by atoms with Gasteiger partial charge in [0.2, 0.25) is 5.92 Å². The van der Waals surface area contributed by atoms with Gasteiger partial charge in [0.25, 0.3) is 0 Å². The molecule has 3 saturated carbocycles. The predicted molar refractivity (Wildman–Crippen MR) is 115 cm³/mol. The van der Waals surface area contributed by atoms with Crippen molar-refractivity contribution in [1.82, 2.24) is 0 Å². The first-order valence-corrected chi connectivity index (χ1v) is 12.3. The number of rotatable bonds is 5. The highest BCUT2D eigenvalue weighted by Gasteiger charge is 2.58. The SMILES string of the molecule is CC(C)C(F)(F)CCC[C@H]1CC[C@H]2[C@@H]3CC=C4C[C@@H](O)CC[C@]4(C)[C@H]3CC[C@]12C. The number of hydrogen-bond acceptors (Lipinski definition) is 1. The monoisotopic (exact) mass is 408 g/mol. The molecule has 0 aliphatic heterocycles. The van der Waals surface area contributed by atoms with Crippen LogP contribution in [-0.2, 0) is 0 Å². The highest BCUT2D eigenvalue weighted by molar-refractivity contribution is 5.25. The van der Waals surface area contributed by atoms with E-state index >= 15 is 0 Å². The summed E-state index contributed by atoms with van der Waals surface area (Å²) in [7, 11) is 0. The van der Waals surface area contributed by atoms with Crippen molar-refractivity contribution in [2.24, 2.45) is 40.4 Å². The second-order valence-electron chi connectivity index (χ2n) is 11.8. The standard InChI is InChI=1S/C26H42F2O/c1-17(2)26(27,28)13-5-6-18-8-10-22-21-9-7-19-16-20(29)11-14-25(19,4)23(21)12-15-24(18,22)3/h7,17-18,20-23,29H,5-6,8-16H2,1-4H3/t18-,20-,21-,22-,23-,24+,25-/m0/s1. The van der Waals surface area contributed by atoms with Gasteiger partial charge in [-0.1, -0.05) is 39.3 Å². The van der Waals surface area contributed by atoms with Crippen molar-refractivity contribution in [1.29, 1.82) is 0 Å². The summed E-state index contributed by atoms with van der Waals surface area (Å²) >= 11 is 0. The van der Waals surface area contributed by atoms with Crippen LogP contribution >= 0.6 is 0 Å². The molecular weight excluding hydrogens is 366 g/mol. The molecule has 29 heavy (non-hydrogen) atoms. The number of halogens is 2. The van der Waals surface area contributed by atoms with E-state index < -0.39 is 11.8 Å². The fourth-order valence-corrected chi connectivity index (χ4v) is 8.10. The van der Waals surface area contributed by atoms with Gasteiger partial charge in [-0.15, -0.1) is 0 Å². The summed E-state index contributed by atoms with van der Waals surface area (Å²) in [5.41, 5.74) is 2.18. The molecule has 1 N–H and O–H groups in total. The predicted octanol–water partition coefficient (Wildman–Crippen LogP) is 7.39. The summed E-state index contributed by atoms with van der Waals surface area (Å²) in [4.78, 5) is 0. The zero-order valence-corrected chi connectivity index (χ0v) is 19.0. The quantitative estimate of drug-likeness (QED) is 0.470. The van der Waals surface area contributed by atoms with E-state index in [1.807, 2.05) is 0 Å². The van der Waals surface area contributed by atoms with Crippen molar-refractivity contribution in [3.63, 3.8) is 0 Å². The normalized spacial score (nSPS) is 44.8. The van der Waals surface area contributed by atoms with Gasteiger partial charge in [0.15, 0.2) is 0 Å². The Labute approximate surface area is 176 Å². The Morgan fingerprint density at radius 2 is 1.86 bits per heavy atom. The lowest BCUT2D eigenvalue weighted by atomic mass is 9.47. The van der Waals surface area contributed by atoms with Crippen molar-refractivity contribution in [2.45, 2.75) is 110 Å². The Bertz CT molecular complexity index is 641. The molecule has 1 nitrogen and oxygen atoms in total. The number of fused-ring (bicyclic) bond motifs is 5. The van der Waals surface area contributed by atoms with E-state index in [2.05, 4.69) is 19.9 Å². The number of alkyl halides is 2. The first-order valence-electron chi connectivity index (χ1n) is 12.3. The molecule has 7 atom stereocenters. The highest BCUT2D eigenvalue weighted by Crippen LogP contribution is 2.66. The van der Waals surface area contributed by atoms with Crippen molar-refractivity contribution in [3.8, 4) is 0 Å². The number of allylic oxidation sites excluding steroid dienone is 1. The molecule has 0 radical (unpaired) electrons. The van der Waals surface area contributed by atoms with E-state index in [4.69, 9.17) is 0 Å². The van der Waals surface area contributed by atoms with Crippen molar-refractivity contribution < 1.29 is 13.9 Å². The Hall–Kier alpha value is -0.440. The molecule has 0 aromatic rings. The summed E-state index contributed by atoms with van der Waals surface area (Å²) in [6.07, 6.45) is 13.3. The molecule has 3 heteroatoms. The molecule has 0 aromatic carbocycles. The van der Waals surface area contributed by atoms with Gasteiger partial charge in [-0.05, 0) is 98.7 Å². The maximum Gasteiger partial charge on any atom is 0.250 e. The average molecular weight is 409 g/mol. The van der Waals surface area contributed by atoms with Crippen LogP contribution in [0.3, 0.4) is 0 Å². The fourth-order valence-electron chi connectivity index (χ4n) is 8.10. The van der Waals surface area contributed by atoms with Crippen molar-refractivity contribution >= 4 is 0 Å². The van der Waals surface area contributed by atoms with Crippen LogP contribution in [0.25, 0.3) is 0 Å². The Morgan fingerprint density at radius 3 is 2.59 bits per heavy atom. The molecule has 0 bridgehead atoms. The van der Waals surface area contributed by atoms with Crippen molar-refractivity contribution in [3.05, 3.63) is 11.6 Å². The second kappa shape index (κ2) is 7.61. The van der Waals surface area contributed by atoms with Gasteiger partial charge in [-0.3, -0.25) is 0 Å². The molecule has 0 spiro atoms. The van der Waals surface area contributed by atoms with Crippen molar-refractivity contribution in [2.75, 3.05) is 0 Å². The van der Waals surface area contributed by atoms with Gasteiger partial charge in [-0.25, -0.2) is 8.78 Å². The van der Waals surface area contributed by atoms with Crippen LogP contribution in [0.15, 0.2) is 11.6 Å². The third kappa shape index (κ3) is 3.62. The van der Waals surface area contributed by atoms with Crippen LogP contribution in [-0.4, -0.2) is 17.1 Å². The second-order valence-corrected chi connectivity index (χ2v) is 11.8. The first kappa shape index (κ1) is 21.8. The molecule has 3 fully saturated rings. The van der Waals surface area contributed by atoms with Gasteiger partial charge in [0.1, 0.15) is 0 Å². The summed E-state index contributed by atoms with van der Waals surface area (Å²) < 4.78 is 28.1. The van der Waals surface area contributed by atoms with Gasteiger partial charge in [0.05, 0.1) is 6.10 Å². The van der Waals surface area contributed by atoms with E-state index in [-0.39, 0.29) is 12.5 Å². The smallest absolute Gasteiger partial charge is 0.250 e. The van der Waals surface area contributed by atoms with E-state index in [1.54, 1.807) is 13.8 Å². The van der Waals surface area contributed by atoms with E-state index in [0.717, 1.165) is 43.4 Å². The third-order valence-electron chi connectivity index (χ3n) is 10.2. The fraction of sp³-hybridized carbons (Fsp3) is 0.923. The molecule has 0 amide bonds. The minimum Gasteiger partial charge on any atom is -0.393 e. The average Bonchev–Trinajstić information content (AvgIpc) is 2.99. The lowest BCUT2D eigenvalue weighted by Crippen LogP contribution is -2.50. The van der Waals surface area contributed by atoms with E-state index in [9.17, 15) is 13.9 Å². The maximum atomic E-state index is 14.1. The first-order chi connectivity index (χ1) is 13.6. The molecule has 0 unspecified atom stereocenters. The van der Waals surface area contributed by atoms with E-state index in [0.29, 0.717) is 23.2 Å². The number of aliphatic hydroxyl groups excluding tert-OH is 1.